The summed E-state index contributed by atoms with van der Waals surface area (Å²) in [5.41, 5.74) is 2.58. The van der Waals surface area contributed by atoms with Crippen LogP contribution in [0.15, 0.2) is 29.3 Å². The average Bonchev–Trinajstić information content (AvgIpc) is 2.69. The van der Waals surface area contributed by atoms with Gasteiger partial charge in [-0.25, -0.2) is 4.99 Å². The lowest BCUT2D eigenvalue weighted by atomic mass is 10.1. The Kier molecular flexibility index (Phi) is 14.3. The van der Waals surface area contributed by atoms with E-state index in [1.54, 1.807) is 0 Å². The van der Waals surface area contributed by atoms with E-state index in [4.69, 9.17) is 14.5 Å². The lowest BCUT2D eigenvalue weighted by Crippen LogP contribution is -2.38. The van der Waals surface area contributed by atoms with Crippen molar-refractivity contribution in [3.8, 4) is 0 Å². The van der Waals surface area contributed by atoms with Crippen LogP contribution in [0.5, 0.6) is 0 Å². The average molecular weight is 518 g/mol. The van der Waals surface area contributed by atoms with Crippen molar-refractivity contribution in [1.82, 2.24) is 15.5 Å². The maximum atomic E-state index is 5.63. The standard InChI is InChI=1S/C22H38N4O2.HI/c1-4-23-22(24-9-6-12-28-18-19(2)3)25-16-20-7-5-8-21(15-20)17-26-10-13-27-14-11-26;/h5,7-8,15,19H,4,6,9-14,16-18H2,1-3H3,(H2,23,24,25);1H. The summed E-state index contributed by atoms with van der Waals surface area (Å²) in [5.74, 6) is 1.45. The second-order valence-corrected chi connectivity index (χ2v) is 7.65. The molecule has 0 saturated carbocycles. The topological polar surface area (TPSA) is 58.1 Å². The zero-order valence-electron chi connectivity index (χ0n) is 18.3. The Bertz CT molecular complexity index is 578. The molecule has 2 N–H and O–H groups in total. The molecule has 1 aromatic rings. The molecule has 0 bridgehead atoms. The number of hydrogen-bond donors (Lipinski definition) is 2. The highest BCUT2D eigenvalue weighted by Gasteiger charge is 2.10. The van der Waals surface area contributed by atoms with Crippen LogP contribution in [0.3, 0.4) is 0 Å². The van der Waals surface area contributed by atoms with Gasteiger partial charge < -0.3 is 20.1 Å². The molecule has 166 valence electrons. The molecule has 0 atom stereocenters. The Labute approximate surface area is 193 Å². The van der Waals surface area contributed by atoms with E-state index in [9.17, 15) is 0 Å². The van der Waals surface area contributed by atoms with Crippen molar-refractivity contribution in [2.75, 3.05) is 52.6 Å². The molecular weight excluding hydrogens is 479 g/mol. The molecule has 1 aliphatic heterocycles. The van der Waals surface area contributed by atoms with Crippen LogP contribution in [-0.4, -0.2) is 63.5 Å². The van der Waals surface area contributed by atoms with E-state index in [0.29, 0.717) is 12.5 Å². The van der Waals surface area contributed by atoms with Gasteiger partial charge in [-0.15, -0.1) is 24.0 Å². The highest BCUT2D eigenvalue weighted by atomic mass is 127. The number of morpholine rings is 1. The lowest BCUT2D eigenvalue weighted by molar-refractivity contribution is 0.0342. The first-order valence-electron chi connectivity index (χ1n) is 10.6. The third kappa shape index (κ3) is 11.8. The maximum absolute atomic E-state index is 5.63. The van der Waals surface area contributed by atoms with Crippen LogP contribution < -0.4 is 10.6 Å². The molecule has 7 heteroatoms. The molecule has 2 rings (SSSR count). The van der Waals surface area contributed by atoms with Gasteiger partial charge in [-0.1, -0.05) is 38.1 Å². The monoisotopic (exact) mass is 518 g/mol. The quantitative estimate of drug-likeness (QED) is 0.204. The molecule has 0 amide bonds. The van der Waals surface area contributed by atoms with E-state index in [2.05, 4.69) is 60.6 Å². The van der Waals surface area contributed by atoms with Gasteiger partial charge in [0, 0.05) is 45.9 Å². The van der Waals surface area contributed by atoms with Crippen molar-refractivity contribution in [3.63, 3.8) is 0 Å². The number of nitrogens with one attached hydrogen (secondary N) is 2. The summed E-state index contributed by atoms with van der Waals surface area (Å²) in [4.78, 5) is 7.18. The molecule has 1 heterocycles. The fourth-order valence-corrected chi connectivity index (χ4v) is 3.06. The molecule has 6 nitrogen and oxygen atoms in total. The van der Waals surface area contributed by atoms with Crippen molar-refractivity contribution in [3.05, 3.63) is 35.4 Å². The molecule has 1 aromatic carbocycles. The molecule has 1 aliphatic rings. The van der Waals surface area contributed by atoms with E-state index in [1.165, 1.54) is 11.1 Å². The van der Waals surface area contributed by atoms with Crippen molar-refractivity contribution < 1.29 is 9.47 Å². The SMILES string of the molecule is CCNC(=NCc1cccc(CN2CCOCC2)c1)NCCCOCC(C)C.I. The number of hydrogen-bond acceptors (Lipinski definition) is 4. The number of ether oxygens (including phenoxy) is 2. The molecule has 0 radical (unpaired) electrons. The van der Waals surface area contributed by atoms with Crippen LogP contribution in [0.2, 0.25) is 0 Å². The van der Waals surface area contributed by atoms with E-state index in [0.717, 1.165) is 71.5 Å². The molecule has 0 spiro atoms. The van der Waals surface area contributed by atoms with Gasteiger partial charge in [0.25, 0.3) is 0 Å². The summed E-state index contributed by atoms with van der Waals surface area (Å²) in [5, 5.41) is 6.71. The number of nitrogens with zero attached hydrogens (tertiary/aromatic N) is 2. The van der Waals surface area contributed by atoms with Gasteiger partial charge in [-0.05, 0) is 30.4 Å². The van der Waals surface area contributed by atoms with Gasteiger partial charge in [0.05, 0.1) is 19.8 Å². The Morgan fingerprint density at radius 1 is 1.21 bits per heavy atom. The minimum atomic E-state index is 0. The Morgan fingerprint density at radius 3 is 2.69 bits per heavy atom. The minimum absolute atomic E-state index is 0. The smallest absolute Gasteiger partial charge is 0.191 e. The van der Waals surface area contributed by atoms with E-state index >= 15 is 0 Å². The van der Waals surface area contributed by atoms with E-state index in [1.807, 2.05) is 0 Å². The second kappa shape index (κ2) is 15.9. The fraction of sp³-hybridized carbons (Fsp3) is 0.682. The number of halogens is 1. The summed E-state index contributed by atoms with van der Waals surface area (Å²) >= 11 is 0. The van der Waals surface area contributed by atoms with Crippen LogP contribution >= 0.6 is 24.0 Å². The van der Waals surface area contributed by atoms with Crippen LogP contribution in [0.4, 0.5) is 0 Å². The summed E-state index contributed by atoms with van der Waals surface area (Å²) in [6.45, 7) is 15.1. The largest absolute Gasteiger partial charge is 0.381 e. The molecule has 1 fully saturated rings. The Hall–Kier alpha value is -0.900. The van der Waals surface area contributed by atoms with E-state index < -0.39 is 0 Å². The number of aliphatic imine (C=N–C) groups is 1. The zero-order valence-corrected chi connectivity index (χ0v) is 20.6. The van der Waals surface area contributed by atoms with Gasteiger partial charge in [0.15, 0.2) is 5.96 Å². The second-order valence-electron chi connectivity index (χ2n) is 7.65. The van der Waals surface area contributed by atoms with Gasteiger partial charge >= 0.3 is 0 Å². The first kappa shape index (κ1) is 26.1. The summed E-state index contributed by atoms with van der Waals surface area (Å²) in [6.07, 6.45) is 0.978. The molecular formula is C22H39IN4O2. The van der Waals surface area contributed by atoms with Crippen LogP contribution in [-0.2, 0) is 22.6 Å². The van der Waals surface area contributed by atoms with Gasteiger partial charge in [-0.3, -0.25) is 4.90 Å². The predicted molar refractivity (Wildman–Crippen MR) is 131 cm³/mol. The van der Waals surface area contributed by atoms with Gasteiger partial charge in [0.1, 0.15) is 0 Å². The summed E-state index contributed by atoms with van der Waals surface area (Å²) < 4.78 is 11.1. The molecule has 0 aliphatic carbocycles. The first-order chi connectivity index (χ1) is 13.7. The van der Waals surface area contributed by atoms with Crippen LogP contribution in [0.25, 0.3) is 0 Å². The van der Waals surface area contributed by atoms with E-state index in [-0.39, 0.29) is 24.0 Å². The van der Waals surface area contributed by atoms with Crippen molar-refractivity contribution in [2.45, 2.75) is 40.3 Å². The number of guanidine groups is 1. The summed E-state index contributed by atoms with van der Waals surface area (Å²) in [6, 6.07) is 8.74. The highest BCUT2D eigenvalue weighted by molar-refractivity contribution is 14.0. The van der Waals surface area contributed by atoms with Crippen molar-refractivity contribution in [2.24, 2.45) is 10.9 Å². The van der Waals surface area contributed by atoms with Crippen LogP contribution in [0, 0.1) is 5.92 Å². The predicted octanol–water partition coefficient (Wildman–Crippen LogP) is 3.25. The third-order valence-corrected chi connectivity index (χ3v) is 4.47. The first-order valence-corrected chi connectivity index (χ1v) is 10.6. The third-order valence-electron chi connectivity index (χ3n) is 4.47. The minimum Gasteiger partial charge on any atom is -0.381 e. The fourth-order valence-electron chi connectivity index (χ4n) is 3.06. The van der Waals surface area contributed by atoms with Gasteiger partial charge in [-0.2, -0.15) is 0 Å². The summed E-state index contributed by atoms with van der Waals surface area (Å²) in [7, 11) is 0. The molecule has 0 aromatic heterocycles. The number of benzene rings is 1. The van der Waals surface area contributed by atoms with Crippen molar-refractivity contribution in [1.29, 1.82) is 0 Å². The normalized spacial score (nSPS) is 15.2. The Morgan fingerprint density at radius 2 is 1.97 bits per heavy atom. The highest BCUT2D eigenvalue weighted by Crippen LogP contribution is 2.11. The van der Waals surface area contributed by atoms with Gasteiger partial charge in [0.2, 0.25) is 0 Å². The molecule has 29 heavy (non-hydrogen) atoms. The molecule has 0 unspecified atom stereocenters. The Balaban J connectivity index is 0.00000420. The molecule has 1 saturated heterocycles. The lowest BCUT2D eigenvalue weighted by Gasteiger charge is -2.26. The van der Waals surface area contributed by atoms with Crippen LogP contribution in [0.1, 0.15) is 38.3 Å². The zero-order chi connectivity index (χ0) is 20.0. The maximum Gasteiger partial charge on any atom is 0.191 e. The number of rotatable bonds is 11. The van der Waals surface area contributed by atoms with Crippen molar-refractivity contribution >= 4 is 29.9 Å².